The average Bonchev–Trinajstić information content (AvgIpc) is 3.26. The molecule has 1 unspecified atom stereocenters. The predicted octanol–water partition coefficient (Wildman–Crippen LogP) is 3.62. The zero-order chi connectivity index (χ0) is 21.3. The maximum absolute atomic E-state index is 5.58. The third-order valence-corrected chi connectivity index (χ3v) is 5.21. The Hall–Kier alpha value is -3.09. The summed E-state index contributed by atoms with van der Waals surface area (Å²) in [4.78, 5) is 6.76. The smallest absolute Gasteiger partial charge is 0.195 e. The molecule has 0 aliphatic carbocycles. The van der Waals surface area contributed by atoms with Crippen LogP contribution in [-0.4, -0.2) is 53.5 Å². The number of rotatable bonds is 8. The van der Waals surface area contributed by atoms with Crippen molar-refractivity contribution in [2.75, 3.05) is 57.7 Å². The Kier molecular flexibility index (Phi) is 7.65. The molecule has 2 aromatic carbocycles. The first kappa shape index (κ1) is 21.6. The molecule has 1 aliphatic heterocycles. The van der Waals surface area contributed by atoms with Crippen molar-refractivity contribution < 1.29 is 14.2 Å². The first-order chi connectivity index (χ1) is 14.7. The standard InChI is InChI=1S/C23H32N4O3/c1-5-30-21-10-9-18(13-22(21)29-4)26-23(24-2)25-15-17-11-12-27(16-17)19-7-6-8-20(14-19)28-3/h6-10,13-14,17H,5,11-12,15-16H2,1-4H3,(H2,24,25,26). The van der Waals surface area contributed by atoms with E-state index in [9.17, 15) is 0 Å². The third kappa shape index (κ3) is 5.49. The molecule has 1 heterocycles. The number of guanidine groups is 1. The molecule has 0 bridgehead atoms. The lowest BCUT2D eigenvalue weighted by atomic mass is 10.1. The number of hydrogen-bond acceptors (Lipinski definition) is 5. The van der Waals surface area contributed by atoms with E-state index in [2.05, 4.69) is 32.7 Å². The van der Waals surface area contributed by atoms with E-state index in [1.165, 1.54) is 5.69 Å². The molecule has 7 nitrogen and oxygen atoms in total. The van der Waals surface area contributed by atoms with E-state index >= 15 is 0 Å². The van der Waals surface area contributed by atoms with Crippen LogP contribution in [0.2, 0.25) is 0 Å². The Labute approximate surface area is 179 Å². The molecular formula is C23H32N4O3. The van der Waals surface area contributed by atoms with Crippen molar-refractivity contribution in [1.29, 1.82) is 0 Å². The normalized spacial score (nSPS) is 16.3. The quantitative estimate of drug-likeness (QED) is 0.510. The highest BCUT2D eigenvalue weighted by Crippen LogP contribution is 2.30. The van der Waals surface area contributed by atoms with Gasteiger partial charge in [-0.2, -0.15) is 0 Å². The molecule has 2 aromatic rings. The van der Waals surface area contributed by atoms with Crippen LogP contribution in [0.1, 0.15) is 13.3 Å². The highest BCUT2D eigenvalue weighted by molar-refractivity contribution is 5.93. The fourth-order valence-corrected chi connectivity index (χ4v) is 3.62. The summed E-state index contributed by atoms with van der Waals surface area (Å²) in [5.74, 6) is 3.61. The summed E-state index contributed by atoms with van der Waals surface area (Å²) in [5, 5.41) is 6.77. The van der Waals surface area contributed by atoms with Gasteiger partial charge in [-0.3, -0.25) is 4.99 Å². The number of benzene rings is 2. The molecule has 0 radical (unpaired) electrons. The van der Waals surface area contributed by atoms with Crippen LogP contribution in [0.4, 0.5) is 11.4 Å². The second-order valence-electron chi connectivity index (χ2n) is 7.18. The van der Waals surface area contributed by atoms with Crippen molar-refractivity contribution in [1.82, 2.24) is 5.32 Å². The molecular weight excluding hydrogens is 380 g/mol. The third-order valence-electron chi connectivity index (χ3n) is 5.21. The van der Waals surface area contributed by atoms with Gasteiger partial charge >= 0.3 is 0 Å². The highest BCUT2D eigenvalue weighted by atomic mass is 16.5. The Balaban J connectivity index is 1.53. The minimum absolute atomic E-state index is 0.546. The molecule has 1 fully saturated rings. The molecule has 30 heavy (non-hydrogen) atoms. The van der Waals surface area contributed by atoms with Gasteiger partial charge in [0.15, 0.2) is 17.5 Å². The minimum atomic E-state index is 0.546. The molecule has 1 aliphatic rings. The van der Waals surface area contributed by atoms with Gasteiger partial charge in [-0.25, -0.2) is 0 Å². The van der Waals surface area contributed by atoms with E-state index in [4.69, 9.17) is 14.2 Å². The first-order valence-corrected chi connectivity index (χ1v) is 10.3. The molecule has 2 N–H and O–H groups in total. The largest absolute Gasteiger partial charge is 0.497 e. The Morgan fingerprint density at radius 3 is 2.73 bits per heavy atom. The lowest BCUT2D eigenvalue weighted by Gasteiger charge is -2.20. The van der Waals surface area contributed by atoms with Crippen LogP contribution in [0.25, 0.3) is 0 Å². The number of nitrogens with zero attached hydrogens (tertiary/aromatic N) is 2. The van der Waals surface area contributed by atoms with Crippen molar-refractivity contribution in [2.45, 2.75) is 13.3 Å². The number of ether oxygens (including phenoxy) is 3. The Bertz CT molecular complexity index is 856. The van der Waals surface area contributed by atoms with Crippen LogP contribution in [-0.2, 0) is 0 Å². The topological polar surface area (TPSA) is 67.4 Å². The van der Waals surface area contributed by atoms with Crippen molar-refractivity contribution in [3.8, 4) is 17.2 Å². The second kappa shape index (κ2) is 10.6. The maximum atomic E-state index is 5.58. The predicted molar refractivity (Wildman–Crippen MR) is 122 cm³/mol. The van der Waals surface area contributed by atoms with Gasteiger partial charge in [-0.1, -0.05) is 6.07 Å². The molecule has 0 amide bonds. The number of nitrogens with one attached hydrogen (secondary N) is 2. The molecule has 1 saturated heterocycles. The van der Waals surface area contributed by atoms with Crippen molar-refractivity contribution in [3.05, 3.63) is 42.5 Å². The van der Waals surface area contributed by atoms with Crippen LogP contribution in [0, 0.1) is 5.92 Å². The van der Waals surface area contributed by atoms with Crippen molar-refractivity contribution in [2.24, 2.45) is 10.9 Å². The summed E-state index contributed by atoms with van der Waals surface area (Å²) < 4.78 is 16.4. The van der Waals surface area contributed by atoms with E-state index < -0.39 is 0 Å². The second-order valence-corrected chi connectivity index (χ2v) is 7.18. The molecule has 1 atom stereocenters. The van der Waals surface area contributed by atoms with E-state index in [-0.39, 0.29) is 0 Å². The van der Waals surface area contributed by atoms with Gasteiger partial charge in [0.2, 0.25) is 0 Å². The van der Waals surface area contributed by atoms with Crippen LogP contribution in [0.3, 0.4) is 0 Å². The first-order valence-electron chi connectivity index (χ1n) is 10.3. The van der Waals surface area contributed by atoms with Crippen LogP contribution in [0.15, 0.2) is 47.5 Å². The molecule has 7 heteroatoms. The van der Waals surface area contributed by atoms with Gasteiger partial charge in [0.05, 0.1) is 20.8 Å². The van der Waals surface area contributed by atoms with Crippen molar-refractivity contribution >= 4 is 17.3 Å². The van der Waals surface area contributed by atoms with Gasteiger partial charge in [0.1, 0.15) is 5.75 Å². The summed E-state index contributed by atoms with van der Waals surface area (Å²) in [7, 11) is 5.12. The Morgan fingerprint density at radius 2 is 2.00 bits per heavy atom. The maximum Gasteiger partial charge on any atom is 0.195 e. The van der Waals surface area contributed by atoms with Crippen molar-refractivity contribution in [3.63, 3.8) is 0 Å². The molecule has 162 valence electrons. The van der Waals surface area contributed by atoms with Gasteiger partial charge in [-0.15, -0.1) is 0 Å². The monoisotopic (exact) mass is 412 g/mol. The fourth-order valence-electron chi connectivity index (χ4n) is 3.62. The Morgan fingerprint density at radius 1 is 1.13 bits per heavy atom. The van der Waals surface area contributed by atoms with Gasteiger partial charge in [0.25, 0.3) is 0 Å². The molecule has 0 saturated carbocycles. The van der Waals surface area contributed by atoms with Crippen LogP contribution < -0.4 is 29.7 Å². The zero-order valence-electron chi connectivity index (χ0n) is 18.3. The van der Waals surface area contributed by atoms with Crippen LogP contribution in [0.5, 0.6) is 17.2 Å². The van der Waals surface area contributed by atoms with Gasteiger partial charge in [0, 0.05) is 50.2 Å². The summed E-state index contributed by atoms with van der Waals surface area (Å²) in [5.41, 5.74) is 2.11. The van der Waals surface area contributed by atoms with E-state index in [0.29, 0.717) is 18.3 Å². The number of anilines is 2. The highest BCUT2D eigenvalue weighted by Gasteiger charge is 2.23. The van der Waals surface area contributed by atoms with E-state index in [0.717, 1.165) is 49.2 Å². The lowest BCUT2D eigenvalue weighted by Crippen LogP contribution is -2.35. The number of hydrogen-bond donors (Lipinski definition) is 2. The summed E-state index contributed by atoms with van der Waals surface area (Å²) >= 11 is 0. The van der Waals surface area contributed by atoms with E-state index in [1.807, 2.05) is 37.3 Å². The van der Waals surface area contributed by atoms with Gasteiger partial charge in [-0.05, 0) is 43.5 Å². The average molecular weight is 413 g/mol. The zero-order valence-corrected chi connectivity index (χ0v) is 18.3. The summed E-state index contributed by atoms with van der Waals surface area (Å²) in [6.45, 7) is 5.46. The van der Waals surface area contributed by atoms with Gasteiger partial charge < -0.3 is 29.7 Å². The number of methoxy groups -OCH3 is 2. The minimum Gasteiger partial charge on any atom is -0.497 e. The summed E-state index contributed by atoms with van der Waals surface area (Å²) in [6, 6.07) is 14.0. The lowest BCUT2D eigenvalue weighted by molar-refractivity contribution is 0.311. The SMILES string of the molecule is CCOc1ccc(NC(=NC)NCC2CCN(c3cccc(OC)c3)C2)cc1OC. The molecule has 0 spiro atoms. The number of aliphatic imine (C=N–C) groups is 1. The molecule has 0 aromatic heterocycles. The van der Waals surface area contributed by atoms with Crippen LogP contribution >= 0.6 is 0 Å². The van der Waals surface area contributed by atoms with E-state index in [1.54, 1.807) is 21.3 Å². The summed E-state index contributed by atoms with van der Waals surface area (Å²) in [6.07, 6.45) is 1.14. The molecule has 3 rings (SSSR count). The fraction of sp³-hybridized carbons (Fsp3) is 0.435.